The SMILES string of the molecule is COc1ccc(CC(=O)N/N=C/c2ccc(OCC(=O)O)cc2)cc1OC. The average molecular weight is 372 g/mol. The van der Waals surface area contributed by atoms with Crippen LogP contribution in [-0.2, 0) is 16.0 Å². The van der Waals surface area contributed by atoms with Crippen molar-refractivity contribution in [2.45, 2.75) is 6.42 Å². The van der Waals surface area contributed by atoms with Gasteiger partial charge in [0.05, 0.1) is 26.9 Å². The summed E-state index contributed by atoms with van der Waals surface area (Å²) in [5.74, 6) is 0.261. The lowest BCUT2D eigenvalue weighted by atomic mass is 10.1. The lowest BCUT2D eigenvalue weighted by Gasteiger charge is -2.09. The van der Waals surface area contributed by atoms with Gasteiger partial charge in [0, 0.05) is 0 Å². The molecule has 0 unspecified atom stereocenters. The largest absolute Gasteiger partial charge is 0.493 e. The second-order valence-corrected chi connectivity index (χ2v) is 5.41. The van der Waals surface area contributed by atoms with Crippen LogP contribution in [0.1, 0.15) is 11.1 Å². The van der Waals surface area contributed by atoms with Crippen LogP contribution in [0.25, 0.3) is 0 Å². The summed E-state index contributed by atoms with van der Waals surface area (Å²) < 4.78 is 15.4. The van der Waals surface area contributed by atoms with Crippen molar-refractivity contribution in [1.29, 1.82) is 0 Å². The Bertz CT molecular complexity index is 817. The Morgan fingerprint density at radius 3 is 2.41 bits per heavy atom. The number of benzene rings is 2. The van der Waals surface area contributed by atoms with Crippen molar-refractivity contribution in [2.24, 2.45) is 5.10 Å². The zero-order valence-electron chi connectivity index (χ0n) is 15.0. The summed E-state index contributed by atoms with van der Waals surface area (Å²) in [6.45, 7) is -0.403. The van der Waals surface area contributed by atoms with Crippen molar-refractivity contribution in [3.63, 3.8) is 0 Å². The molecule has 1 amide bonds. The Hall–Kier alpha value is -3.55. The molecule has 8 heteroatoms. The van der Waals surface area contributed by atoms with Gasteiger partial charge in [0.25, 0.3) is 0 Å². The monoisotopic (exact) mass is 372 g/mol. The van der Waals surface area contributed by atoms with E-state index in [0.717, 1.165) is 11.1 Å². The fraction of sp³-hybridized carbons (Fsp3) is 0.211. The number of nitrogens with zero attached hydrogens (tertiary/aromatic N) is 1. The Morgan fingerprint density at radius 2 is 1.78 bits per heavy atom. The van der Waals surface area contributed by atoms with E-state index in [1.54, 1.807) is 49.6 Å². The van der Waals surface area contributed by atoms with E-state index in [1.807, 2.05) is 0 Å². The first-order chi connectivity index (χ1) is 13.0. The number of nitrogens with one attached hydrogen (secondary N) is 1. The number of carboxylic acid groups (broad SMARTS) is 1. The summed E-state index contributed by atoms with van der Waals surface area (Å²) in [4.78, 5) is 22.4. The molecule has 0 aromatic heterocycles. The van der Waals surface area contributed by atoms with Crippen molar-refractivity contribution in [1.82, 2.24) is 5.43 Å². The van der Waals surface area contributed by atoms with Crippen LogP contribution in [0.2, 0.25) is 0 Å². The van der Waals surface area contributed by atoms with Crippen LogP contribution < -0.4 is 19.6 Å². The average Bonchev–Trinajstić information content (AvgIpc) is 2.67. The molecule has 0 fully saturated rings. The lowest BCUT2D eigenvalue weighted by Crippen LogP contribution is -2.19. The Labute approximate surface area is 156 Å². The molecule has 0 aliphatic rings. The van der Waals surface area contributed by atoms with Gasteiger partial charge in [0.2, 0.25) is 5.91 Å². The van der Waals surface area contributed by atoms with Gasteiger partial charge in [-0.3, -0.25) is 4.79 Å². The third-order valence-electron chi connectivity index (χ3n) is 3.46. The van der Waals surface area contributed by atoms with Gasteiger partial charge >= 0.3 is 5.97 Å². The van der Waals surface area contributed by atoms with Crippen molar-refractivity contribution in [3.8, 4) is 17.2 Å². The van der Waals surface area contributed by atoms with Crippen LogP contribution in [0.15, 0.2) is 47.6 Å². The first-order valence-corrected chi connectivity index (χ1v) is 7.99. The molecule has 0 aliphatic heterocycles. The van der Waals surface area contributed by atoms with Gasteiger partial charge in [0.15, 0.2) is 18.1 Å². The summed E-state index contributed by atoms with van der Waals surface area (Å²) in [5, 5.41) is 12.5. The molecule has 0 saturated carbocycles. The van der Waals surface area contributed by atoms with Gasteiger partial charge in [-0.1, -0.05) is 6.07 Å². The Balaban J connectivity index is 1.87. The summed E-state index contributed by atoms with van der Waals surface area (Å²) in [7, 11) is 3.08. The van der Waals surface area contributed by atoms with Gasteiger partial charge < -0.3 is 19.3 Å². The topological polar surface area (TPSA) is 106 Å². The number of rotatable bonds is 9. The van der Waals surface area contributed by atoms with E-state index in [9.17, 15) is 9.59 Å². The number of amides is 1. The molecular formula is C19H20N2O6. The van der Waals surface area contributed by atoms with Crippen LogP contribution in [0.5, 0.6) is 17.2 Å². The van der Waals surface area contributed by atoms with E-state index < -0.39 is 12.6 Å². The maximum atomic E-state index is 12.0. The predicted octanol–water partition coefficient (Wildman–Crippen LogP) is 1.86. The molecule has 2 rings (SSSR count). The number of carbonyl (C=O) groups is 2. The maximum Gasteiger partial charge on any atom is 0.341 e. The van der Waals surface area contributed by atoms with Crippen LogP contribution in [0.3, 0.4) is 0 Å². The first-order valence-electron chi connectivity index (χ1n) is 7.99. The Morgan fingerprint density at radius 1 is 1.07 bits per heavy atom. The van der Waals surface area contributed by atoms with Crippen LogP contribution in [0.4, 0.5) is 0 Å². The molecule has 0 bridgehead atoms. The second-order valence-electron chi connectivity index (χ2n) is 5.41. The molecule has 142 valence electrons. The minimum atomic E-state index is -1.04. The number of hydrazone groups is 1. The smallest absolute Gasteiger partial charge is 0.341 e. The molecule has 2 aromatic carbocycles. The van der Waals surface area contributed by atoms with Crippen molar-refractivity contribution >= 4 is 18.1 Å². The van der Waals surface area contributed by atoms with Crippen LogP contribution in [0, 0.1) is 0 Å². The zero-order chi connectivity index (χ0) is 19.6. The number of aliphatic carboxylic acids is 1. The molecule has 2 N–H and O–H groups in total. The number of carbonyl (C=O) groups excluding carboxylic acids is 1. The number of carboxylic acids is 1. The van der Waals surface area contributed by atoms with Crippen LogP contribution in [-0.4, -0.2) is 44.0 Å². The summed E-state index contributed by atoms with van der Waals surface area (Å²) in [6.07, 6.45) is 1.62. The summed E-state index contributed by atoms with van der Waals surface area (Å²) >= 11 is 0. The highest BCUT2D eigenvalue weighted by atomic mass is 16.5. The van der Waals surface area contributed by atoms with Gasteiger partial charge in [-0.05, 0) is 47.5 Å². The Kier molecular flexibility index (Phi) is 7.18. The van der Waals surface area contributed by atoms with Crippen LogP contribution >= 0.6 is 0 Å². The van der Waals surface area contributed by atoms with Gasteiger partial charge in [-0.15, -0.1) is 0 Å². The number of methoxy groups -OCH3 is 2. The molecular weight excluding hydrogens is 352 g/mol. The fourth-order valence-corrected chi connectivity index (χ4v) is 2.19. The summed E-state index contributed by atoms with van der Waals surface area (Å²) in [5.41, 5.74) is 3.94. The lowest BCUT2D eigenvalue weighted by molar-refractivity contribution is -0.139. The van der Waals surface area contributed by atoms with Gasteiger partial charge in [0.1, 0.15) is 5.75 Å². The van der Waals surface area contributed by atoms with E-state index in [2.05, 4.69) is 10.5 Å². The maximum absolute atomic E-state index is 12.0. The highest BCUT2D eigenvalue weighted by Gasteiger charge is 2.08. The van der Waals surface area contributed by atoms with E-state index in [0.29, 0.717) is 17.2 Å². The molecule has 0 aliphatic carbocycles. The standard InChI is InChI=1S/C19H20N2O6/c1-25-16-8-5-14(9-17(16)26-2)10-18(22)21-20-11-13-3-6-15(7-4-13)27-12-19(23)24/h3-9,11H,10,12H2,1-2H3,(H,21,22)(H,23,24)/b20-11+. The number of ether oxygens (including phenoxy) is 3. The molecule has 0 atom stereocenters. The molecule has 27 heavy (non-hydrogen) atoms. The van der Waals surface area contributed by atoms with E-state index >= 15 is 0 Å². The molecule has 0 heterocycles. The van der Waals surface area contributed by atoms with Gasteiger partial charge in [-0.2, -0.15) is 5.10 Å². The molecule has 2 aromatic rings. The van der Waals surface area contributed by atoms with Crippen molar-refractivity contribution < 1.29 is 28.9 Å². The predicted molar refractivity (Wildman–Crippen MR) is 98.6 cm³/mol. The number of hydrogen-bond acceptors (Lipinski definition) is 6. The zero-order valence-corrected chi connectivity index (χ0v) is 15.0. The minimum absolute atomic E-state index is 0.139. The van der Waals surface area contributed by atoms with Crippen molar-refractivity contribution in [3.05, 3.63) is 53.6 Å². The third-order valence-corrected chi connectivity index (χ3v) is 3.46. The second kappa shape index (κ2) is 9.81. The molecule has 0 radical (unpaired) electrons. The summed E-state index contributed by atoms with van der Waals surface area (Å²) in [6, 6.07) is 11.9. The normalized spacial score (nSPS) is 10.4. The van der Waals surface area contributed by atoms with Gasteiger partial charge in [-0.25, -0.2) is 10.2 Å². The van der Waals surface area contributed by atoms with E-state index in [-0.39, 0.29) is 12.3 Å². The quantitative estimate of drug-likeness (QED) is 0.514. The number of hydrogen-bond donors (Lipinski definition) is 2. The minimum Gasteiger partial charge on any atom is -0.493 e. The van der Waals surface area contributed by atoms with E-state index in [4.69, 9.17) is 19.3 Å². The first kappa shape index (κ1) is 19.8. The molecule has 0 spiro atoms. The van der Waals surface area contributed by atoms with Crippen molar-refractivity contribution in [2.75, 3.05) is 20.8 Å². The highest BCUT2D eigenvalue weighted by Crippen LogP contribution is 2.27. The highest BCUT2D eigenvalue weighted by molar-refractivity contribution is 5.83. The van der Waals surface area contributed by atoms with E-state index in [1.165, 1.54) is 13.3 Å². The fourth-order valence-electron chi connectivity index (χ4n) is 2.19. The molecule has 0 saturated heterocycles. The molecule has 8 nitrogen and oxygen atoms in total. The third kappa shape index (κ3) is 6.35.